The summed E-state index contributed by atoms with van der Waals surface area (Å²) in [6, 6.07) is -0.936. The van der Waals surface area contributed by atoms with E-state index in [-0.39, 0.29) is 91.3 Å². The number of aliphatic hydroxyl groups is 4. The zero-order chi connectivity index (χ0) is 78.9. The molecule has 608 valence electrons. The molecule has 2 aromatic rings. The number of ether oxygens (including phenoxy) is 1. The largest absolute Gasteiger partial charge is 0.460 e. The number of hydrogen-bond acceptors (Lipinski definition) is 25. The van der Waals surface area contributed by atoms with E-state index in [2.05, 4.69) is 51.8 Å². The normalized spacial score (nSPS) is 28.3. The van der Waals surface area contributed by atoms with Crippen molar-refractivity contribution >= 4 is 83.4 Å². The minimum atomic E-state index is -0.983. The number of esters is 1. The van der Waals surface area contributed by atoms with Crippen molar-refractivity contribution < 1.29 is 82.7 Å². The van der Waals surface area contributed by atoms with Gasteiger partial charge in [-0.05, 0) is 156 Å². The summed E-state index contributed by atoms with van der Waals surface area (Å²) in [6.45, 7) is 19.6. The smallest absolute Gasteiger partial charge is 0.302 e. The lowest BCUT2D eigenvalue weighted by molar-refractivity contribution is -0.175. The van der Waals surface area contributed by atoms with E-state index in [9.17, 15) is 78.0 Å². The molecular formula is C73H112ClN19O17. The molecule has 0 aromatic carbocycles. The van der Waals surface area contributed by atoms with E-state index in [0.29, 0.717) is 57.3 Å². The van der Waals surface area contributed by atoms with Gasteiger partial charge < -0.3 is 102 Å². The molecule has 0 saturated carbocycles. The molecular weight excluding hydrogens is 1450 g/mol. The van der Waals surface area contributed by atoms with Crippen LogP contribution in [0.15, 0.2) is 36.9 Å². The second-order valence-corrected chi connectivity index (χ2v) is 31.0. The van der Waals surface area contributed by atoms with Crippen LogP contribution >= 0.6 is 12.4 Å². The summed E-state index contributed by atoms with van der Waals surface area (Å²) in [4.78, 5) is 176. The Kier molecular flexibility index (Phi) is 28.5. The average Bonchev–Trinajstić information content (AvgIpc) is 1.58. The third-order valence-corrected chi connectivity index (χ3v) is 23.4. The summed E-state index contributed by atoms with van der Waals surface area (Å²) >= 11 is 0. The Morgan fingerprint density at radius 1 is 0.527 bits per heavy atom. The van der Waals surface area contributed by atoms with Crippen LogP contribution in [0.3, 0.4) is 0 Å². The predicted octanol–water partition coefficient (Wildman–Crippen LogP) is -4.06. The van der Waals surface area contributed by atoms with Gasteiger partial charge in [-0.2, -0.15) is 0 Å². The number of nitrogens with two attached hydrogens (primary N) is 1. The maximum atomic E-state index is 12.9. The van der Waals surface area contributed by atoms with Crippen molar-refractivity contribution in [3.05, 3.63) is 48.6 Å². The van der Waals surface area contributed by atoms with Crippen LogP contribution in [0.1, 0.15) is 150 Å². The number of nitrogens with zero attached hydrogens (tertiary/aromatic N) is 12. The minimum absolute atomic E-state index is 0. The van der Waals surface area contributed by atoms with Gasteiger partial charge in [0, 0.05) is 90.0 Å². The third-order valence-electron chi connectivity index (χ3n) is 23.4. The van der Waals surface area contributed by atoms with E-state index in [1.165, 1.54) is 28.5 Å². The summed E-state index contributed by atoms with van der Waals surface area (Å²) in [5.74, 6) is -2.00. The van der Waals surface area contributed by atoms with Gasteiger partial charge in [0.05, 0.1) is 51.1 Å². The van der Waals surface area contributed by atoms with Crippen molar-refractivity contribution in [1.29, 1.82) is 0 Å². The molecule has 12 aliphatic rings. The van der Waals surface area contributed by atoms with Gasteiger partial charge in [0.1, 0.15) is 75.7 Å². The number of carbonyl (C=O) groups excluding carboxylic acids is 12. The fraction of sp³-hybridized carbons (Fsp3) is 0.726. The Morgan fingerprint density at radius 3 is 1.29 bits per heavy atom. The summed E-state index contributed by atoms with van der Waals surface area (Å²) in [5, 5.41) is 56.9. The fourth-order valence-corrected chi connectivity index (χ4v) is 17.5. The van der Waals surface area contributed by atoms with E-state index >= 15 is 0 Å². The second kappa shape index (κ2) is 36.5. The van der Waals surface area contributed by atoms with E-state index in [1.54, 1.807) is 75.3 Å². The van der Waals surface area contributed by atoms with Crippen molar-refractivity contribution in [1.82, 2.24) is 91.0 Å². The number of rotatable bonds is 21. The number of primary amides is 1. The molecule has 0 aliphatic carbocycles. The van der Waals surface area contributed by atoms with Gasteiger partial charge in [0.2, 0.25) is 59.1 Å². The van der Waals surface area contributed by atoms with Gasteiger partial charge >= 0.3 is 5.97 Å². The van der Waals surface area contributed by atoms with Crippen molar-refractivity contribution in [3.8, 4) is 0 Å². The minimum Gasteiger partial charge on any atom is -0.460 e. The summed E-state index contributed by atoms with van der Waals surface area (Å²) < 4.78 is 5.25. The van der Waals surface area contributed by atoms with Crippen LogP contribution in [0.2, 0.25) is 0 Å². The SMILES string of the molecule is CC(=O)O[C@H](C)[C@@H](C(=O)N1CCCC1)N1CC2(CCCN2)C1=O.CC(C)C(=O)N1CCCC12CN([C@@H](CO)C(=O)NCc1ncccn1)C2=O.CC1N(C(C(N)=O)[C@@H](C)O)C(=O)C12CCCN2.C[C@@H](O)C(C(=O)N1CCCC1)N1CC2(CCCN2)C1=O.Cl.O=C(NCc1ncccn1)[C@H](CO)N1CC2(CCCN2)C1=O. The molecule has 0 radical (unpaired) electrons. The highest BCUT2D eigenvalue weighted by Crippen LogP contribution is 2.43. The van der Waals surface area contributed by atoms with Crippen molar-refractivity contribution in [2.75, 3.05) is 98.3 Å². The summed E-state index contributed by atoms with van der Waals surface area (Å²) in [5.41, 5.74) is 2.44. The molecule has 12 aliphatic heterocycles. The number of amides is 11. The maximum Gasteiger partial charge on any atom is 0.302 e. The molecule has 11 amide bonds. The first kappa shape index (κ1) is 85.8. The Hall–Kier alpha value is -8.23. The predicted molar refractivity (Wildman–Crippen MR) is 395 cm³/mol. The van der Waals surface area contributed by atoms with Crippen LogP contribution in [0.5, 0.6) is 0 Å². The van der Waals surface area contributed by atoms with Crippen LogP contribution in [0.25, 0.3) is 0 Å². The van der Waals surface area contributed by atoms with Gasteiger partial charge in [0.25, 0.3) is 5.91 Å². The van der Waals surface area contributed by atoms with Crippen molar-refractivity contribution in [2.24, 2.45) is 11.7 Å². The standard InChI is InChI=1S/C18H25N5O4.C16H25N3O4.C14H19N5O3.C14H23N3O3.C11H19N3O3.ClH/c1-12(2)16(26)23-8-3-5-18(23)11-22(17(18)27)13(10-24)15(25)21-9-14-19-6-4-7-20-14;1-11(23-12(2)20)13(14(21)18-8-3-4-9-18)19-10-16(15(19)22)6-5-7-17-16;20-8-10(12(21)17-7-11-15-4-2-5-16-11)19-9-14(13(19)22)3-1-6-18-14;1-10(18)11(12(19)16-7-2-3-8-16)17-9-14(13(17)20)5-4-6-15-14;1-6(15)8(9(12)16)14-7(2)11(10(14)17)4-3-5-13-11;/h4,6-7,12-13,24H,3,5,8-11H2,1-2H3,(H,21,25);11,13,17H,3-10H2,1-2H3;2,4-5,10,18,20H,1,3,6-9H2,(H,17,21);10-11,15,18H,2-9H2,1H3;6-8,13,15H,3-5H2,1-2H3,(H2,12,16);1H/t13-,18?;11-,13+,16?;10-,14?;10-,11?,14?;6-,7?,8?,11?;/m01011./s1. The molecule has 14 heterocycles. The van der Waals surface area contributed by atoms with Gasteiger partial charge in [0.15, 0.2) is 0 Å². The monoisotopic (exact) mass is 1560 g/mol. The zero-order valence-electron chi connectivity index (χ0n) is 64.1. The third kappa shape index (κ3) is 17.4. The number of halogens is 1. The Labute approximate surface area is 646 Å². The molecule has 37 heteroatoms. The Morgan fingerprint density at radius 2 is 0.936 bits per heavy atom. The van der Waals surface area contributed by atoms with Crippen LogP contribution in [0.4, 0.5) is 0 Å². The van der Waals surface area contributed by atoms with E-state index in [4.69, 9.17) is 10.5 Å². The molecule has 2 aromatic heterocycles. The summed E-state index contributed by atoms with van der Waals surface area (Å²) in [6.07, 6.45) is 16.4. The molecule has 14 rings (SSSR count). The molecule has 110 heavy (non-hydrogen) atoms. The van der Waals surface area contributed by atoms with E-state index < -0.39 is 113 Å². The van der Waals surface area contributed by atoms with Crippen LogP contribution in [-0.4, -0.2) is 331 Å². The highest BCUT2D eigenvalue weighted by molar-refractivity contribution is 6.02. The number of aromatic nitrogens is 4. The molecule has 12 saturated heterocycles. The lowest BCUT2D eigenvalue weighted by Gasteiger charge is -2.56. The topological polar surface area (TPSA) is 471 Å². The van der Waals surface area contributed by atoms with Crippen molar-refractivity contribution in [2.45, 2.75) is 234 Å². The number of nitrogens with one attached hydrogen (secondary N) is 6. The second-order valence-electron chi connectivity index (χ2n) is 31.0. The molecule has 12 fully saturated rings. The van der Waals surface area contributed by atoms with E-state index in [1.807, 2.05) is 20.8 Å². The molecule has 0 bridgehead atoms. The number of β-lactam (4-membered cyclic amide) rings is 5. The lowest BCUT2D eigenvalue weighted by atomic mass is 9.76. The number of hydrogen-bond donors (Lipinski definition) is 11. The summed E-state index contributed by atoms with van der Waals surface area (Å²) in [7, 11) is 0. The number of likely N-dealkylation sites (tertiary alicyclic amines) is 8. The highest BCUT2D eigenvalue weighted by Gasteiger charge is 2.65. The van der Waals surface area contributed by atoms with Crippen LogP contribution < -0.4 is 37.6 Å². The Balaban J connectivity index is 0.000000159. The lowest BCUT2D eigenvalue weighted by Crippen LogP contribution is -2.80. The fourth-order valence-electron chi connectivity index (χ4n) is 17.5. The molecule has 8 unspecified atom stereocenters. The first-order valence-electron chi connectivity index (χ1n) is 38.6. The highest BCUT2D eigenvalue weighted by atomic mass is 35.5. The molecule has 36 nitrogen and oxygen atoms in total. The molecule has 12 N–H and O–H groups in total. The number of aliphatic hydroxyl groups excluding tert-OH is 4. The molecule has 5 spiro atoms. The van der Waals surface area contributed by atoms with Gasteiger partial charge in [-0.1, -0.05) is 13.8 Å². The van der Waals surface area contributed by atoms with Crippen LogP contribution in [0, 0.1) is 5.92 Å². The zero-order valence-corrected chi connectivity index (χ0v) is 64.9. The van der Waals surface area contributed by atoms with Gasteiger partial charge in [-0.3, -0.25) is 57.5 Å². The van der Waals surface area contributed by atoms with Gasteiger partial charge in [-0.25, -0.2) is 19.9 Å². The average molecular weight is 1560 g/mol. The first-order chi connectivity index (χ1) is 52.0. The molecule has 14 atom stereocenters. The number of carbonyl (C=O) groups is 12. The maximum absolute atomic E-state index is 12.9. The van der Waals surface area contributed by atoms with E-state index in [0.717, 1.165) is 123 Å². The Bertz CT molecular complexity index is 3630. The van der Waals surface area contributed by atoms with Crippen LogP contribution in [-0.2, 0) is 75.4 Å². The quantitative estimate of drug-likeness (QED) is 0.0418. The van der Waals surface area contributed by atoms with Crippen molar-refractivity contribution in [3.63, 3.8) is 0 Å². The van der Waals surface area contributed by atoms with Gasteiger partial charge in [-0.15, -0.1) is 12.4 Å². The first-order valence-corrected chi connectivity index (χ1v) is 38.6.